The highest BCUT2D eigenvalue weighted by molar-refractivity contribution is 5.95. The topological polar surface area (TPSA) is 55.1 Å². The Bertz CT molecular complexity index is 587. The minimum absolute atomic E-state index is 0.226. The van der Waals surface area contributed by atoms with Crippen molar-refractivity contribution in [2.75, 3.05) is 5.32 Å². The maximum atomic E-state index is 13.4. The molecule has 0 aromatic heterocycles. The Morgan fingerprint density at radius 1 is 1.05 bits per heavy atom. The number of hydrogen-bond acceptors (Lipinski definition) is 2. The fourth-order valence-corrected chi connectivity index (χ4v) is 1.62. The molecule has 2 rings (SSSR count). The minimum Gasteiger partial charge on any atom is -0.322 e. The molecule has 0 spiro atoms. The quantitative estimate of drug-likeness (QED) is 0.893. The molecule has 0 radical (unpaired) electrons. The van der Waals surface area contributed by atoms with Crippen LogP contribution in [0.2, 0.25) is 0 Å². The monoisotopic (exact) mass is 262 g/mol. The number of halogens is 2. The molecule has 0 bridgehead atoms. The molecule has 0 saturated carbocycles. The van der Waals surface area contributed by atoms with Gasteiger partial charge in [0.25, 0.3) is 0 Å². The first-order valence-electron chi connectivity index (χ1n) is 5.65. The fourth-order valence-electron chi connectivity index (χ4n) is 1.62. The van der Waals surface area contributed by atoms with Crippen LogP contribution in [0.15, 0.2) is 48.5 Å². The van der Waals surface area contributed by atoms with Crippen LogP contribution < -0.4 is 11.1 Å². The van der Waals surface area contributed by atoms with Crippen molar-refractivity contribution >= 4 is 11.6 Å². The zero-order valence-corrected chi connectivity index (χ0v) is 9.94. The molecule has 3 nitrogen and oxygen atoms in total. The lowest BCUT2D eigenvalue weighted by molar-refractivity contribution is -0.117. The van der Waals surface area contributed by atoms with Crippen LogP contribution in [-0.2, 0) is 4.79 Å². The number of carbonyl (C=O) groups excluding carboxylic acids is 1. The zero-order valence-electron chi connectivity index (χ0n) is 9.94. The van der Waals surface area contributed by atoms with Crippen molar-refractivity contribution < 1.29 is 13.6 Å². The average Bonchev–Trinajstić information content (AvgIpc) is 2.44. The zero-order chi connectivity index (χ0) is 13.8. The summed E-state index contributed by atoms with van der Waals surface area (Å²) in [6, 6.07) is 11.3. The molecule has 3 N–H and O–H groups in total. The molecule has 1 atom stereocenters. The van der Waals surface area contributed by atoms with Crippen molar-refractivity contribution in [1.29, 1.82) is 0 Å². The highest BCUT2D eigenvalue weighted by atomic mass is 19.2. The molecule has 5 heteroatoms. The summed E-state index contributed by atoms with van der Waals surface area (Å²) in [5.74, 6) is -2.72. The van der Waals surface area contributed by atoms with Gasteiger partial charge >= 0.3 is 0 Å². The molecule has 2 aromatic carbocycles. The predicted octanol–water partition coefficient (Wildman–Crippen LogP) is 2.60. The van der Waals surface area contributed by atoms with Crippen molar-refractivity contribution in [2.24, 2.45) is 5.73 Å². The Labute approximate surface area is 109 Å². The highest BCUT2D eigenvalue weighted by Gasteiger charge is 2.17. The number of nitrogens with two attached hydrogens (primary N) is 1. The summed E-state index contributed by atoms with van der Waals surface area (Å²) in [5.41, 5.74) is 6.11. The van der Waals surface area contributed by atoms with Gasteiger partial charge in [-0.05, 0) is 17.7 Å². The normalized spacial score (nSPS) is 11.9. The van der Waals surface area contributed by atoms with E-state index in [1.165, 1.54) is 12.1 Å². The summed E-state index contributed by atoms with van der Waals surface area (Å²) < 4.78 is 26.4. The fraction of sp³-hybridized carbons (Fsp3) is 0.0714. The second-order valence-electron chi connectivity index (χ2n) is 3.98. The van der Waals surface area contributed by atoms with Gasteiger partial charge in [-0.15, -0.1) is 0 Å². The van der Waals surface area contributed by atoms with Gasteiger partial charge in [-0.1, -0.05) is 36.4 Å². The lowest BCUT2D eigenvalue weighted by Crippen LogP contribution is -2.28. The van der Waals surface area contributed by atoms with Gasteiger partial charge in [0.1, 0.15) is 6.04 Å². The van der Waals surface area contributed by atoms with E-state index >= 15 is 0 Å². The first-order valence-corrected chi connectivity index (χ1v) is 5.65. The van der Waals surface area contributed by atoms with Crippen molar-refractivity contribution in [1.82, 2.24) is 0 Å². The second kappa shape index (κ2) is 5.58. The van der Waals surface area contributed by atoms with Gasteiger partial charge in [-0.25, -0.2) is 8.78 Å². The van der Waals surface area contributed by atoms with Crippen LogP contribution in [0, 0.1) is 11.6 Å². The second-order valence-corrected chi connectivity index (χ2v) is 3.98. The predicted molar refractivity (Wildman–Crippen MR) is 68.4 cm³/mol. The lowest BCUT2D eigenvalue weighted by Gasteiger charge is -2.13. The first-order chi connectivity index (χ1) is 9.09. The molecule has 2 aromatic rings. The van der Waals surface area contributed by atoms with Gasteiger partial charge in [0.05, 0.1) is 5.69 Å². The van der Waals surface area contributed by atoms with Crippen LogP contribution in [0.4, 0.5) is 14.5 Å². The van der Waals surface area contributed by atoms with Gasteiger partial charge in [0.2, 0.25) is 5.91 Å². The summed E-state index contributed by atoms with van der Waals surface area (Å²) in [6.07, 6.45) is 0. The van der Waals surface area contributed by atoms with Crippen LogP contribution in [0.5, 0.6) is 0 Å². The number of nitrogens with one attached hydrogen (secondary N) is 1. The van der Waals surface area contributed by atoms with Crippen molar-refractivity contribution in [3.8, 4) is 0 Å². The summed E-state index contributed by atoms with van der Waals surface area (Å²) in [6.45, 7) is 0. The van der Waals surface area contributed by atoms with E-state index in [4.69, 9.17) is 5.73 Å². The van der Waals surface area contributed by atoms with E-state index in [0.717, 1.165) is 6.07 Å². The third-order valence-electron chi connectivity index (χ3n) is 2.65. The third kappa shape index (κ3) is 2.95. The Kier molecular flexibility index (Phi) is 3.87. The molecular formula is C14H12F2N2O. The molecule has 0 saturated heterocycles. The largest absolute Gasteiger partial charge is 0.322 e. The lowest BCUT2D eigenvalue weighted by atomic mass is 10.1. The number of carbonyl (C=O) groups is 1. The molecule has 0 aliphatic rings. The van der Waals surface area contributed by atoms with Gasteiger partial charge in [0.15, 0.2) is 11.6 Å². The molecule has 0 fully saturated rings. The standard InChI is InChI=1S/C14H12F2N2O/c15-10-7-4-8-11(12(10)16)18-14(19)13(17)9-5-2-1-3-6-9/h1-8,13H,17H2,(H,18,19)/t13-/m1/s1. The number of anilines is 1. The van der Waals surface area contributed by atoms with Crippen molar-refractivity contribution in [3.63, 3.8) is 0 Å². The third-order valence-corrected chi connectivity index (χ3v) is 2.65. The Balaban J connectivity index is 2.15. The SMILES string of the molecule is N[C@@H](C(=O)Nc1cccc(F)c1F)c1ccccc1. The molecule has 0 aliphatic heterocycles. The van der Waals surface area contributed by atoms with E-state index in [0.29, 0.717) is 5.56 Å². The van der Waals surface area contributed by atoms with Gasteiger partial charge in [-0.3, -0.25) is 4.79 Å². The van der Waals surface area contributed by atoms with E-state index in [2.05, 4.69) is 5.32 Å². The molecule has 0 aliphatic carbocycles. The Hall–Kier alpha value is -2.27. The van der Waals surface area contributed by atoms with Gasteiger partial charge in [0, 0.05) is 0 Å². The van der Waals surface area contributed by atoms with Crippen LogP contribution in [0.25, 0.3) is 0 Å². The molecule has 98 valence electrons. The van der Waals surface area contributed by atoms with E-state index < -0.39 is 23.6 Å². The summed E-state index contributed by atoms with van der Waals surface area (Å²) in [4.78, 5) is 11.9. The van der Waals surface area contributed by atoms with Crippen molar-refractivity contribution in [3.05, 3.63) is 65.7 Å². The molecule has 19 heavy (non-hydrogen) atoms. The van der Waals surface area contributed by atoms with Gasteiger partial charge < -0.3 is 11.1 Å². The van der Waals surface area contributed by atoms with Crippen LogP contribution in [0.1, 0.15) is 11.6 Å². The van der Waals surface area contributed by atoms with Crippen molar-refractivity contribution in [2.45, 2.75) is 6.04 Å². The molecule has 0 unspecified atom stereocenters. The number of benzene rings is 2. The summed E-state index contributed by atoms with van der Waals surface area (Å²) in [5, 5.41) is 2.27. The Morgan fingerprint density at radius 3 is 2.42 bits per heavy atom. The van der Waals surface area contributed by atoms with E-state index in [1.807, 2.05) is 0 Å². The summed E-state index contributed by atoms with van der Waals surface area (Å²) >= 11 is 0. The summed E-state index contributed by atoms with van der Waals surface area (Å²) in [7, 11) is 0. The number of rotatable bonds is 3. The van der Waals surface area contributed by atoms with Gasteiger partial charge in [-0.2, -0.15) is 0 Å². The number of hydrogen-bond donors (Lipinski definition) is 2. The molecule has 0 heterocycles. The maximum Gasteiger partial charge on any atom is 0.245 e. The maximum absolute atomic E-state index is 13.4. The van der Waals surface area contributed by atoms with Crippen LogP contribution >= 0.6 is 0 Å². The molecule has 1 amide bonds. The molecular weight excluding hydrogens is 250 g/mol. The van der Waals surface area contributed by atoms with Crippen LogP contribution in [-0.4, -0.2) is 5.91 Å². The van der Waals surface area contributed by atoms with Crippen LogP contribution in [0.3, 0.4) is 0 Å². The Morgan fingerprint density at radius 2 is 1.74 bits per heavy atom. The highest BCUT2D eigenvalue weighted by Crippen LogP contribution is 2.18. The first kappa shape index (κ1) is 13.2. The average molecular weight is 262 g/mol. The minimum atomic E-state index is -1.10. The van der Waals surface area contributed by atoms with E-state index in [1.54, 1.807) is 30.3 Å². The smallest absolute Gasteiger partial charge is 0.245 e. The van der Waals surface area contributed by atoms with E-state index in [-0.39, 0.29) is 5.69 Å². The van der Waals surface area contributed by atoms with E-state index in [9.17, 15) is 13.6 Å². The number of amides is 1.